The summed E-state index contributed by atoms with van der Waals surface area (Å²) >= 11 is 0. The van der Waals surface area contributed by atoms with Crippen LogP contribution in [-0.4, -0.2) is 41.3 Å². The van der Waals surface area contributed by atoms with Crippen molar-refractivity contribution in [1.29, 1.82) is 0 Å². The maximum Gasteiger partial charge on any atom is 0.0882 e. The molecule has 4 unspecified atom stereocenters. The highest BCUT2D eigenvalue weighted by molar-refractivity contribution is 5.12. The first-order chi connectivity index (χ1) is 9.65. The summed E-state index contributed by atoms with van der Waals surface area (Å²) in [5, 5.41) is 11.7. The van der Waals surface area contributed by atoms with Crippen molar-refractivity contribution in [2.24, 2.45) is 17.1 Å². The van der Waals surface area contributed by atoms with Gasteiger partial charge in [0.1, 0.15) is 0 Å². The molecule has 1 saturated carbocycles. The molecule has 0 aromatic heterocycles. The van der Waals surface area contributed by atoms with Gasteiger partial charge in [-0.3, -0.25) is 4.90 Å². The van der Waals surface area contributed by atoms with Gasteiger partial charge in [-0.15, -0.1) is 0 Å². The Bertz CT molecular complexity index is 348. The number of nitrogens with two attached hydrogens (primary N) is 1. The topological polar surface area (TPSA) is 49.5 Å². The number of nitrogens with zero attached hydrogens (tertiary/aromatic N) is 1. The maximum absolute atomic E-state index is 11.7. The zero-order chi connectivity index (χ0) is 14.2. The van der Waals surface area contributed by atoms with E-state index in [4.69, 9.17) is 5.73 Å². The highest BCUT2D eigenvalue weighted by Crippen LogP contribution is 2.54. The van der Waals surface area contributed by atoms with Gasteiger partial charge >= 0.3 is 0 Å². The first-order valence-electron chi connectivity index (χ1n) is 8.82. The minimum Gasteiger partial charge on any atom is -0.388 e. The maximum atomic E-state index is 11.7. The van der Waals surface area contributed by atoms with Crippen molar-refractivity contribution in [3.8, 4) is 0 Å². The molecule has 116 valence electrons. The third-order valence-electron chi connectivity index (χ3n) is 6.78. The number of hydrogen-bond acceptors (Lipinski definition) is 3. The van der Waals surface area contributed by atoms with Gasteiger partial charge in [-0.25, -0.2) is 0 Å². The van der Waals surface area contributed by atoms with E-state index in [2.05, 4.69) is 11.8 Å². The second-order valence-corrected chi connectivity index (χ2v) is 7.58. The molecule has 2 saturated heterocycles. The lowest BCUT2D eigenvalue weighted by molar-refractivity contribution is -0.132. The largest absolute Gasteiger partial charge is 0.388 e. The summed E-state index contributed by atoms with van der Waals surface area (Å²) in [5.74, 6) is 0.772. The molecule has 3 fully saturated rings. The van der Waals surface area contributed by atoms with Gasteiger partial charge in [0.05, 0.1) is 5.60 Å². The lowest BCUT2D eigenvalue weighted by atomic mass is 9.57. The monoisotopic (exact) mass is 280 g/mol. The van der Waals surface area contributed by atoms with Crippen molar-refractivity contribution in [3.05, 3.63) is 0 Å². The van der Waals surface area contributed by atoms with Gasteiger partial charge < -0.3 is 10.8 Å². The van der Waals surface area contributed by atoms with E-state index < -0.39 is 5.60 Å². The molecule has 0 radical (unpaired) electrons. The molecule has 3 aliphatic rings. The lowest BCUT2D eigenvalue weighted by Crippen LogP contribution is -2.61. The van der Waals surface area contributed by atoms with Crippen LogP contribution in [0.25, 0.3) is 0 Å². The molecule has 1 aliphatic carbocycles. The second-order valence-electron chi connectivity index (χ2n) is 7.58. The van der Waals surface area contributed by atoms with E-state index in [1.807, 2.05) is 0 Å². The van der Waals surface area contributed by atoms with Gasteiger partial charge in [0.2, 0.25) is 0 Å². The van der Waals surface area contributed by atoms with Crippen LogP contribution in [0, 0.1) is 11.3 Å². The quantitative estimate of drug-likeness (QED) is 0.835. The van der Waals surface area contributed by atoms with Crippen molar-refractivity contribution in [2.45, 2.75) is 76.4 Å². The molecule has 3 N–H and O–H groups in total. The molecule has 0 aromatic rings. The molecule has 3 heteroatoms. The van der Waals surface area contributed by atoms with Gasteiger partial charge in [-0.2, -0.15) is 0 Å². The Morgan fingerprint density at radius 2 is 2.00 bits per heavy atom. The van der Waals surface area contributed by atoms with Crippen LogP contribution < -0.4 is 5.73 Å². The summed E-state index contributed by atoms with van der Waals surface area (Å²) in [6, 6.07) is 0.385. The molecule has 4 atom stereocenters. The average Bonchev–Trinajstić information content (AvgIpc) is 2.87. The first-order valence-corrected chi connectivity index (χ1v) is 8.82. The van der Waals surface area contributed by atoms with Crippen LogP contribution in [0.1, 0.15) is 64.7 Å². The van der Waals surface area contributed by atoms with Crippen LogP contribution in [-0.2, 0) is 0 Å². The lowest BCUT2D eigenvalue weighted by Gasteiger charge is -2.53. The van der Waals surface area contributed by atoms with Crippen molar-refractivity contribution in [1.82, 2.24) is 4.90 Å². The van der Waals surface area contributed by atoms with Crippen LogP contribution in [0.5, 0.6) is 0 Å². The molecular formula is C17H32N2O. The minimum atomic E-state index is -0.518. The standard InChI is InChI=1S/C17H32N2O/c1-2-14-6-5-8-16(12-14,13-18)17(20)9-11-19-10-4-3-7-15(17)19/h14-15,20H,2-13,18H2,1H3. The highest BCUT2D eigenvalue weighted by atomic mass is 16.3. The Balaban J connectivity index is 1.87. The molecule has 3 nitrogen and oxygen atoms in total. The minimum absolute atomic E-state index is 0.0112. The van der Waals surface area contributed by atoms with Crippen LogP contribution in [0.2, 0.25) is 0 Å². The van der Waals surface area contributed by atoms with Crippen molar-refractivity contribution in [3.63, 3.8) is 0 Å². The summed E-state index contributed by atoms with van der Waals surface area (Å²) in [4.78, 5) is 2.55. The van der Waals surface area contributed by atoms with Crippen LogP contribution in [0.3, 0.4) is 0 Å². The van der Waals surface area contributed by atoms with Crippen molar-refractivity contribution >= 4 is 0 Å². The van der Waals surface area contributed by atoms with Crippen LogP contribution in [0.15, 0.2) is 0 Å². The fraction of sp³-hybridized carbons (Fsp3) is 1.00. The Morgan fingerprint density at radius 1 is 1.15 bits per heavy atom. The van der Waals surface area contributed by atoms with Gasteiger partial charge in [0, 0.05) is 24.5 Å². The van der Waals surface area contributed by atoms with Gasteiger partial charge in [0.15, 0.2) is 0 Å². The second kappa shape index (κ2) is 5.58. The average molecular weight is 280 g/mol. The van der Waals surface area contributed by atoms with E-state index in [0.29, 0.717) is 12.6 Å². The third kappa shape index (κ3) is 2.13. The van der Waals surface area contributed by atoms with Crippen molar-refractivity contribution in [2.75, 3.05) is 19.6 Å². The zero-order valence-corrected chi connectivity index (χ0v) is 13.1. The Kier molecular flexibility index (Phi) is 4.13. The van der Waals surface area contributed by atoms with Crippen LogP contribution >= 0.6 is 0 Å². The number of aliphatic hydroxyl groups is 1. The molecule has 20 heavy (non-hydrogen) atoms. The molecule has 0 amide bonds. The summed E-state index contributed by atoms with van der Waals surface area (Å²) in [7, 11) is 0. The number of rotatable bonds is 3. The predicted octanol–water partition coefficient (Wildman–Crippen LogP) is 2.52. The third-order valence-corrected chi connectivity index (χ3v) is 6.78. The molecule has 0 spiro atoms. The SMILES string of the molecule is CCC1CCCC(CN)(C2(O)CCN3CCCCC32)C1. The van der Waals surface area contributed by atoms with Gasteiger partial charge in [0.25, 0.3) is 0 Å². The first kappa shape index (κ1) is 14.8. The van der Waals surface area contributed by atoms with E-state index in [-0.39, 0.29) is 5.41 Å². The summed E-state index contributed by atoms with van der Waals surface area (Å²) in [5.41, 5.74) is 5.73. The molecule has 2 heterocycles. The van der Waals surface area contributed by atoms with Gasteiger partial charge in [-0.05, 0) is 44.6 Å². The van der Waals surface area contributed by atoms with Crippen LogP contribution in [0.4, 0.5) is 0 Å². The number of hydrogen-bond donors (Lipinski definition) is 2. The highest BCUT2D eigenvalue weighted by Gasteiger charge is 2.59. The van der Waals surface area contributed by atoms with E-state index in [0.717, 1.165) is 31.7 Å². The summed E-state index contributed by atoms with van der Waals surface area (Å²) < 4.78 is 0. The Hall–Kier alpha value is -0.120. The van der Waals surface area contributed by atoms with E-state index in [1.54, 1.807) is 0 Å². The molecule has 0 bridgehead atoms. The van der Waals surface area contributed by atoms with Crippen molar-refractivity contribution < 1.29 is 5.11 Å². The summed E-state index contributed by atoms with van der Waals surface area (Å²) in [6.07, 6.45) is 10.8. The number of fused-ring (bicyclic) bond motifs is 1. The fourth-order valence-corrected chi connectivity index (χ4v) is 5.49. The fourth-order valence-electron chi connectivity index (χ4n) is 5.49. The molecule has 0 aromatic carbocycles. The van der Waals surface area contributed by atoms with Gasteiger partial charge in [-0.1, -0.05) is 32.6 Å². The zero-order valence-electron chi connectivity index (χ0n) is 13.1. The molecular weight excluding hydrogens is 248 g/mol. The normalized spacial score (nSPS) is 46.4. The Morgan fingerprint density at radius 3 is 2.75 bits per heavy atom. The van der Waals surface area contributed by atoms with E-state index in [1.165, 1.54) is 45.1 Å². The number of piperidine rings is 1. The Labute approximate surface area is 123 Å². The summed E-state index contributed by atoms with van der Waals surface area (Å²) in [6.45, 7) is 5.23. The smallest absolute Gasteiger partial charge is 0.0882 e. The molecule has 2 aliphatic heterocycles. The van der Waals surface area contributed by atoms with E-state index in [9.17, 15) is 5.11 Å². The molecule has 3 rings (SSSR count). The van der Waals surface area contributed by atoms with E-state index >= 15 is 0 Å². The predicted molar refractivity (Wildman–Crippen MR) is 82.5 cm³/mol.